The summed E-state index contributed by atoms with van der Waals surface area (Å²) in [6.45, 7) is 1.34. The summed E-state index contributed by atoms with van der Waals surface area (Å²) in [7, 11) is 1.82. The summed E-state index contributed by atoms with van der Waals surface area (Å²) < 4.78 is 1.66. The highest BCUT2D eigenvalue weighted by molar-refractivity contribution is 5.91. The lowest BCUT2D eigenvalue weighted by molar-refractivity contribution is -0.115. The third-order valence-corrected chi connectivity index (χ3v) is 2.40. The molecule has 1 heterocycles. The van der Waals surface area contributed by atoms with Crippen LogP contribution < -0.4 is 10.6 Å². The molecule has 2 N–H and O–H groups in total. The Morgan fingerprint density at radius 3 is 3.07 bits per heavy atom. The Bertz CT molecular complexity index is 343. The zero-order chi connectivity index (χ0) is 10.7. The summed E-state index contributed by atoms with van der Waals surface area (Å²) in [4.78, 5) is 11.4. The van der Waals surface area contributed by atoms with Crippen LogP contribution in [0.15, 0.2) is 12.4 Å². The molecule has 1 aromatic heterocycles. The highest BCUT2D eigenvalue weighted by Gasteiger charge is 2.20. The van der Waals surface area contributed by atoms with E-state index in [0.717, 1.165) is 18.2 Å². The van der Waals surface area contributed by atoms with Crippen molar-refractivity contribution in [3.63, 3.8) is 0 Å². The molecule has 0 unspecified atom stereocenters. The summed E-state index contributed by atoms with van der Waals surface area (Å²) in [5, 5.41) is 9.88. The van der Waals surface area contributed by atoms with Crippen molar-refractivity contribution in [2.45, 2.75) is 12.8 Å². The minimum absolute atomic E-state index is 0.0105. The molecule has 1 amide bonds. The number of amides is 1. The van der Waals surface area contributed by atoms with Crippen molar-refractivity contribution in [3.8, 4) is 0 Å². The first-order valence-corrected chi connectivity index (χ1v) is 5.23. The van der Waals surface area contributed by atoms with Gasteiger partial charge in [0.25, 0.3) is 0 Å². The molecule has 5 heteroatoms. The van der Waals surface area contributed by atoms with E-state index in [-0.39, 0.29) is 5.91 Å². The van der Waals surface area contributed by atoms with E-state index in [0.29, 0.717) is 6.54 Å². The fraction of sp³-hybridized carbons (Fsp3) is 0.600. The first kappa shape index (κ1) is 10.2. The van der Waals surface area contributed by atoms with Crippen LogP contribution in [0.25, 0.3) is 0 Å². The van der Waals surface area contributed by atoms with Crippen LogP contribution in [0.5, 0.6) is 0 Å². The van der Waals surface area contributed by atoms with Crippen LogP contribution in [0, 0.1) is 5.92 Å². The van der Waals surface area contributed by atoms with Gasteiger partial charge in [-0.15, -0.1) is 0 Å². The van der Waals surface area contributed by atoms with E-state index in [9.17, 15) is 4.79 Å². The molecule has 0 atom stereocenters. The van der Waals surface area contributed by atoms with Crippen LogP contribution in [-0.2, 0) is 11.8 Å². The van der Waals surface area contributed by atoms with Crippen molar-refractivity contribution in [1.82, 2.24) is 15.1 Å². The predicted molar refractivity (Wildman–Crippen MR) is 57.4 cm³/mol. The second-order valence-corrected chi connectivity index (χ2v) is 4.03. The summed E-state index contributed by atoms with van der Waals surface area (Å²) in [5.41, 5.74) is 0.746. The van der Waals surface area contributed by atoms with E-state index < -0.39 is 0 Å². The Kier molecular flexibility index (Phi) is 3.01. The third kappa shape index (κ3) is 3.36. The minimum atomic E-state index is -0.0105. The van der Waals surface area contributed by atoms with Crippen molar-refractivity contribution in [3.05, 3.63) is 12.4 Å². The van der Waals surface area contributed by atoms with E-state index in [1.807, 2.05) is 7.05 Å². The number of aromatic nitrogens is 2. The number of carbonyl (C=O) groups excluding carboxylic acids is 1. The van der Waals surface area contributed by atoms with Gasteiger partial charge in [0.15, 0.2) is 0 Å². The molecule has 0 bridgehead atoms. The van der Waals surface area contributed by atoms with Gasteiger partial charge in [-0.1, -0.05) is 0 Å². The fourth-order valence-electron chi connectivity index (χ4n) is 1.40. The highest BCUT2D eigenvalue weighted by atomic mass is 16.1. The van der Waals surface area contributed by atoms with Crippen molar-refractivity contribution < 1.29 is 4.79 Å². The molecule has 1 aromatic rings. The molecule has 1 saturated carbocycles. The van der Waals surface area contributed by atoms with Crippen molar-refractivity contribution >= 4 is 11.6 Å². The lowest BCUT2D eigenvalue weighted by atomic mass is 10.4. The average molecular weight is 208 g/mol. The van der Waals surface area contributed by atoms with Crippen LogP contribution >= 0.6 is 0 Å². The standard InChI is InChI=1S/C10H16N4O/c1-14-7-9(5-12-14)13-10(15)6-11-4-8-2-3-8/h5,7-8,11H,2-4,6H2,1H3,(H,13,15). The van der Waals surface area contributed by atoms with Gasteiger partial charge in [0.2, 0.25) is 5.91 Å². The Morgan fingerprint density at radius 1 is 1.67 bits per heavy atom. The quantitative estimate of drug-likeness (QED) is 0.734. The topological polar surface area (TPSA) is 59.0 Å². The summed E-state index contributed by atoms with van der Waals surface area (Å²) in [5.74, 6) is 0.792. The zero-order valence-electron chi connectivity index (χ0n) is 8.86. The Morgan fingerprint density at radius 2 is 2.47 bits per heavy atom. The van der Waals surface area contributed by atoms with E-state index in [1.165, 1.54) is 12.8 Å². The van der Waals surface area contributed by atoms with E-state index in [4.69, 9.17) is 0 Å². The molecule has 15 heavy (non-hydrogen) atoms. The van der Waals surface area contributed by atoms with Crippen molar-refractivity contribution in [2.24, 2.45) is 13.0 Å². The molecule has 0 aliphatic heterocycles. The molecule has 2 rings (SSSR count). The number of nitrogens with zero attached hydrogens (tertiary/aromatic N) is 2. The zero-order valence-corrected chi connectivity index (χ0v) is 8.86. The van der Waals surface area contributed by atoms with Crippen LogP contribution in [0.1, 0.15) is 12.8 Å². The molecular formula is C10H16N4O. The minimum Gasteiger partial charge on any atom is -0.322 e. The Balaban J connectivity index is 1.67. The van der Waals surface area contributed by atoms with Gasteiger partial charge in [-0.05, 0) is 25.3 Å². The second kappa shape index (κ2) is 4.44. The average Bonchev–Trinajstić information content (AvgIpc) is 2.91. The predicted octanol–water partition coefficient (Wildman–Crippen LogP) is 0.358. The van der Waals surface area contributed by atoms with Crippen LogP contribution in [-0.4, -0.2) is 28.8 Å². The van der Waals surface area contributed by atoms with Gasteiger partial charge >= 0.3 is 0 Å². The Labute approximate surface area is 88.8 Å². The normalized spacial score (nSPS) is 15.3. The first-order chi connectivity index (χ1) is 7.24. The lowest BCUT2D eigenvalue weighted by Crippen LogP contribution is -2.29. The van der Waals surface area contributed by atoms with E-state index >= 15 is 0 Å². The van der Waals surface area contributed by atoms with Gasteiger partial charge < -0.3 is 10.6 Å². The first-order valence-electron chi connectivity index (χ1n) is 5.23. The SMILES string of the molecule is Cn1cc(NC(=O)CNCC2CC2)cn1. The number of hydrogen-bond acceptors (Lipinski definition) is 3. The molecule has 1 fully saturated rings. The third-order valence-electron chi connectivity index (χ3n) is 2.40. The van der Waals surface area contributed by atoms with Gasteiger partial charge in [0.05, 0.1) is 18.4 Å². The van der Waals surface area contributed by atoms with Crippen LogP contribution in [0.2, 0.25) is 0 Å². The number of aryl methyl sites for hydroxylation is 1. The maximum atomic E-state index is 11.4. The number of nitrogens with one attached hydrogen (secondary N) is 2. The summed E-state index contributed by atoms with van der Waals surface area (Å²) >= 11 is 0. The smallest absolute Gasteiger partial charge is 0.238 e. The van der Waals surface area contributed by atoms with Gasteiger partial charge in [-0.2, -0.15) is 5.10 Å². The van der Waals surface area contributed by atoms with Gasteiger partial charge in [-0.3, -0.25) is 9.48 Å². The largest absolute Gasteiger partial charge is 0.322 e. The van der Waals surface area contributed by atoms with Crippen molar-refractivity contribution in [2.75, 3.05) is 18.4 Å². The molecule has 0 spiro atoms. The van der Waals surface area contributed by atoms with E-state index in [1.54, 1.807) is 17.1 Å². The number of anilines is 1. The van der Waals surface area contributed by atoms with Gasteiger partial charge in [-0.25, -0.2) is 0 Å². The number of rotatable bonds is 5. The second-order valence-electron chi connectivity index (χ2n) is 4.03. The molecular weight excluding hydrogens is 192 g/mol. The van der Waals surface area contributed by atoms with Gasteiger partial charge in [0.1, 0.15) is 0 Å². The molecule has 1 aliphatic rings. The summed E-state index contributed by atoms with van der Waals surface area (Å²) in [6, 6.07) is 0. The molecule has 1 aliphatic carbocycles. The number of carbonyl (C=O) groups is 1. The molecule has 0 saturated heterocycles. The van der Waals surface area contributed by atoms with Crippen LogP contribution in [0.4, 0.5) is 5.69 Å². The van der Waals surface area contributed by atoms with E-state index in [2.05, 4.69) is 15.7 Å². The highest BCUT2D eigenvalue weighted by Crippen LogP contribution is 2.27. The maximum Gasteiger partial charge on any atom is 0.238 e. The fourth-order valence-corrected chi connectivity index (χ4v) is 1.40. The molecule has 5 nitrogen and oxygen atoms in total. The number of hydrogen-bond donors (Lipinski definition) is 2. The Hall–Kier alpha value is -1.36. The van der Waals surface area contributed by atoms with Crippen molar-refractivity contribution in [1.29, 1.82) is 0 Å². The maximum absolute atomic E-state index is 11.4. The molecule has 0 aromatic carbocycles. The molecule has 0 radical (unpaired) electrons. The molecule has 82 valence electrons. The monoisotopic (exact) mass is 208 g/mol. The summed E-state index contributed by atoms with van der Waals surface area (Å²) in [6.07, 6.45) is 6.02. The lowest BCUT2D eigenvalue weighted by Gasteiger charge is -2.03. The van der Waals surface area contributed by atoms with Gasteiger partial charge in [0, 0.05) is 13.2 Å². The van der Waals surface area contributed by atoms with Crippen LogP contribution in [0.3, 0.4) is 0 Å².